The molecular formula is C13H14O4. The van der Waals surface area contributed by atoms with Crippen molar-refractivity contribution in [2.24, 2.45) is 0 Å². The van der Waals surface area contributed by atoms with Gasteiger partial charge in [0.2, 0.25) is 0 Å². The van der Waals surface area contributed by atoms with Crippen molar-refractivity contribution in [1.29, 1.82) is 0 Å². The number of hydrogen-bond acceptors (Lipinski definition) is 4. The minimum absolute atomic E-state index is 0.0129. The molecule has 0 aliphatic carbocycles. The summed E-state index contributed by atoms with van der Waals surface area (Å²) in [6.07, 6.45) is 0.160. The maximum absolute atomic E-state index is 5.92. The van der Waals surface area contributed by atoms with Gasteiger partial charge in [0.25, 0.3) is 0 Å². The van der Waals surface area contributed by atoms with Crippen molar-refractivity contribution in [3.05, 3.63) is 35.9 Å². The molecule has 1 aromatic rings. The summed E-state index contributed by atoms with van der Waals surface area (Å²) in [6, 6.07) is 10.1. The molecule has 0 spiro atoms. The summed E-state index contributed by atoms with van der Waals surface area (Å²) in [7, 11) is 0. The first-order chi connectivity index (χ1) is 8.42. The number of epoxide rings is 1. The Morgan fingerprint density at radius 2 is 2.00 bits per heavy atom. The van der Waals surface area contributed by atoms with Gasteiger partial charge in [-0.2, -0.15) is 0 Å². The Morgan fingerprint density at radius 1 is 1.12 bits per heavy atom. The summed E-state index contributed by atoms with van der Waals surface area (Å²) in [5.74, 6) is 0. The molecule has 17 heavy (non-hydrogen) atoms. The Morgan fingerprint density at radius 3 is 2.88 bits per heavy atom. The number of ether oxygens (including phenoxy) is 4. The van der Waals surface area contributed by atoms with Crippen LogP contribution in [0.5, 0.6) is 0 Å². The van der Waals surface area contributed by atoms with Gasteiger partial charge in [-0.3, -0.25) is 0 Å². The predicted octanol–water partition coefficient (Wildman–Crippen LogP) is 1.09. The van der Waals surface area contributed by atoms with E-state index < -0.39 is 0 Å². The highest BCUT2D eigenvalue weighted by Crippen LogP contribution is 2.43. The van der Waals surface area contributed by atoms with E-state index in [2.05, 4.69) is 12.1 Å². The van der Waals surface area contributed by atoms with E-state index >= 15 is 0 Å². The first-order valence-corrected chi connectivity index (χ1v) is 6.00. The second-order valence-electron chi connectivity index (χ2n) is 4.70. The largest absolute Gasteiger partial charge is 0.368 e. The first kappa shape index (κ1) is 10.0. The van der Waals surface area contributed by atoms with Crippen LogP contribution in [-0.4, -0.2) is 37.3 Å². The number of hydrogen-bond donors (Lipinski definition) is 0. The molecule has 90 valence electrons. The smallest absolute Gasteiger partial charge is 0.187 e. The van der Waals surface area contributed by atoms with Crippen LogP contribution in [-0.2, 0) is 25.6 Å². The SMILES string of the molecule is c1ccc(CO[C@@H]2[C@H]3O[C@@H]3[C@H]3OC[C@H]2O3)cc1. The fourth-order valence-corrected chi connectivity index (χ4v) is 2.58. The lowest BCUT2D eigenvalue weighted by atomic mass is 10.1. The van der Waals surface area contributed by atoms with Crippen molar-refractivity contribution in [2.45, 2.75) is 37.3 Å². The van der Waals surface area contributed by atoms with Crippen LogP contribution in [0.1, 0.15) is 5.56 Å². The topological polar surface area (TPSA) is 40.2 Å². The van der Waals surface area contributed by atoms with E-state index in [9.17, 15) is 0 Å². The van der Waals surface area contributed by atoms with Gasteiger partial charge in [-0.25, -0.2) is 0 Å². The van der Waals surface area contributed by atoms with E-state index in [0.717, 1.165) is 0 Å². The van der Waals surface area contributed by atoms with E-state index in [4.69, 9.17) is 18.9 Å². The van der Waals surface area contributed by atoms with Crippen molar-refractivity contribution in [3.8, 4) is 0 Å². The molecule has 0 radical (unpaired) electrons. The minimum Gasteiger partial charge on any atom is -0.368 e. The van der Waals surface area contributed by atoms with E-state index in [-0.39, 0.29) is 30.7 Å². The predicted molar refractivity (Wildman–Crippen MR) is 58.3 cm³/mol. The van der Waals surface area contributed by atoms with Crippen LogP contribution < -0.4 is 0 Å². The van der Waals surface area contributed by atoms with Crippen LogP contribution >= 0.6 is 0 Å². The summed E-state index contributed by atoms with van der Waals surface area (Å²) in [4.78, 5) is 0. The molecule has 0 aromatic heterocycles. The normalized spacial score (nSPS) is 42.2. The zero-order valence-corrected chi connectivity index (χ0v) is 9.32. The van der Waals surface area contributed by atoms with E-state index in [1.165, 1.54) is 5.56 Å². The maximum Gasteiger partial charge on any atom is 0.187 e. The zero-order chi connectivity index (χ0) is 11.2. The molecule has 4 rings (SSSR count). The van der Waals surface area contributed by atoms with Crippen molar-refractivity contribution >= 4 is 0 Å². The van der Waals surface area contributed by atoms with E-state index in [1.807, 2.05) is 18.2 Å². The standard InChI is InChI=1S/C13H14O4/c1-2-4-8(5-3-1)6-14-10-9-7-15-13(16-9)12-11(10)17-12/h1-5,9-13H,6-7H2/t9-,10+,11-,12+,13+/m1/s1. The molecule has 0 unspecified atom stereocenters. The molecule has 1 aromatic carbocycles. The van der Waals surface area contributed by atoms with Crippen LogP contribution in [0.3, 0.4) is 0 Å². The van der Waals surface area contributed by atoms with Gasteiger partial charge in [-0.05, 0) is 5.56 Å². The number of rotatable bonds is 3. The van der Waals surface area contributed by atoms with Crippen LogP contribution in [0.15, 0.2) is 30.3 Å². The highest BCUT2D eigenvalue weighted by Gasteiger charge is 2.62. The van der Waals surface area contributed by atoms with Crippen LogP contribution in [0.25, 0.3) is 0 Å². The van der Waals surface area contributed by atoms with Crippen LogP contribution in [0.2, 0.25) is 0 Å². The summed E-state index contributed by atoms with van der Waals surface area (Å²) < 4.78 is 22.6. The summed E-state index contributed by atoms with van der Waals surface area (Å²) >= 11 is 0. The molecule has 4 nitrogen and oxygen atoms in total. The lowest BCUT2D eigenvalue weighted by Crippen LogP contribution is -2.41. The Bertz CT molecular complexity index is 407. The van der Waals surface area contributed by atoms with Crippen molar-refractivity contribution in [3.63, 3.8) is 0 Å². The van der Waals surface area contributed by atoms with Crippen molar-refractivity contribution in [2.75, 3.05) is 6.61 Å². The monoisotopic (exact) mass is 234 g/mol. The molecule has 3 aliphatic heterocycles. The number of benzene rings is 1. The van der Waals surface area contributed by atoms with Gasteiger partial charge in [0.15, 0.2) is 6.29 Å². The third kappa shape index (κ3) is 1.68. The quantitative estimate of drug-likeness (QED) is 0.734. The van der Waals surface area contributed by atoms with Crippen molar-refractivity contribution in [1.82, 2.24) is 0 Å². The lowest BCUT2D eigenvalue weighted by Gasteiger charge is -2.24. The molecule has 0 saturated carbocycles. The lowest BCUT2D eigenvalue weighted by molar-refractivity contribution is -0.121. The highest BCUT2D eigenvalue weighted by atomic mass is 16.8. The molecule has 0 amide bonds. The van der Waals surface area contributed by atoms with Gasteiger partial charge < -0.3 is 18.9 Å². The van der Waals surface area contributed by atoms with Crippen molar-refractivity contribution < 1.29 is 18.9 Å². The second kappa shape index (κ2) is 3.78. The highest BCUT2D eigenvalue weighted by molar-refractivity contribution is 5.14. The molecule has 3 heterocycles. The summed E-state index contributed by atoms with van der Waals surface area (Å²) in [6.45, 7) is 1.23. The Hall–Kier alpha value is -0.940. The molecular weight excluding hydrogens is 220 g/mol. The molecule has 3 aliphatic rings. The molecule has 3 fully saturated rings. The van der Waals surface area contributed by atoms with Crippen LogP contribution in [0.4, 0.5) is 0 Å². The van der Waals surface area contributed by atoms with Gasteiger partial charge in [0.05, 0.1) is 13.2 Å². The van der Waals surface area contributed by atoms with Crippen LogP contribution in [0, 0.1) is 0 Å². The first-order valence-electron chi connectivity index (χ1n) is 6.00. The fourth-order valence-electron chi connectivity index (χ4n) is 2.58. The summed E-state index contributed by atoms with van der Waals surface area (Å²) in [5.41, 5.74) is 1.17. The fraction of sp³-hybridized carbons (Fsp3) is 0.538. The third-order valence-corrected chi connectivity index (χ3v) is 3.54. The van der Waals surface area contributed by atoms with Gasteiger partial charge in [-0.1, -0.05) is 30.3 Å². The maximum atomic E-state index is 5.92. The summed E-state index contributed by atoms with van der Waals surface area (Å²) in [5, 5.41) is 0. The van der Waals surface area contributed by atoms with Gasteiger partial charge in [0.1, 0.15) is 24.4 Å². The second-order valence-corrected chi connectivity index (χ2v) is 4.70. The molecule has 0 N–H and O–H groups in total. The Labute approximate surface area is 99.4 Å². The van der Waals surface area contributed by atoms with E-state index in [1.54, 1.807) is 0 Å². The number of fused-ring (bicyclic) bond motifs is 4. The molecule has 4 heteroatoms. The molecule has 5 atom stereocenters. The minimum atomic E-state index is -0.151. The van der Waals surface area contributed by atoms with Gasteiger partial charge in [0, 0.05) is 0 Å². The molecule has 3 saturated heterocycles. The zero-order valence-electron chi connectivity index (χ0n) is 9.32. The van der Waals surface area contributed by atoms with Gasteiger partial charge in [-0.15, -0.1) is 0 Å². The average Bonchev–Trinajstić information content (AvgIpc) is 3.05. The Balaban J connectivity index is 1.43. The van der Waals surface area contributed by atoms with E-state index in [0.29, 0.717) is 13.2 Å². The third-order valence-electron chi connectivity index (χ3n) is 3.54. The Kier molecular flexibility index (Phi) is 2.23. The average molecular weight is 234 g/mol. The van der Waals surface area contributed by atoms with Gasteiger partial charge >= 0.3 is 0 Å². The molecule has 2 bridgehead atoms.